The zero-order chi connectivity index (χ0) is 25.4. The minimum atomic E-state index is -1.48. The van der Waals surface area contributed by atoms with Gasteiger partial charge in [0.25, 0.3) is 0 Å². The van der Waals surface area contributed by atoms with Gasteiger partial charge < -0.3 is 36.9 Å². The Morgan fingerprint density at radius 2 is 1.65 bits per heavy atom. The number of nitrogens with two attached hydrogens (primary N) is 1. The molecule has 1 aromatic heterocycles. The van der Waals surface area contributed by atoms with Crippen molar-refractivity contribution in [2.75, 3.05) is 11.5 Å². The number of aromatic nitrogens is 1. The number of carbonyl (C=O) groups is 4. The number of aliphatic hydroxyl groups is 1. The number of aliphatic carboxylic acids is 1. The molecule has 0 spiro atoms. The molecule has 13 heteroatoms. The Morgan fingerprint density at radius 1 is 1.00 bits per heavy atom. The summed E-state index contributed by atoms with van der Waals surface area (Å²) in [5.74, 6) is -3.74. The maximum atomic E-state index is 13.1. The van der Waals surface area contributed by atoms with Crippen molar-refractivity contribution in [2.45, 2.75) is 43.6 Å². The number of rotatable bonds is 12. The summed E-state index contributed by atoms with van der Waals surface area (Å²) >= 11 is 7.88. The highest BCUT2D eigenvalue weighted by atomic mass is 32.1. The molecule has 2 rings (SSSR count). The molecular weight excluding hydrogens is 482 g/mol. The fraction of sp³-hybridized carbons (Fsp3) is 0.429. The first-order valence-corrected chi connectivity index (χ1v) is 11.7. The number of fused-ring (bicyclic) bond motifs is 1. The topological polar surface area (TPSA) is 187 Å². The van der Waals surface area contributed by atoms with Crippen molar-refractivity contribution in [3.8, 4) is 0 Å². The molecule has 0 aliphatic carbocycles. The Kier molecular flexibility index (Phi) is 10.2. The van der Waals surface area contributed by atoms with Crippen LogP contribution in [-0.4, -0.2) is 80.7 Å². The van der Waals surface area contributed by atoms with E-state index in [2.05, 4.69) is 46.2 Å². The lowest BCUT2D eigenvalue weighted by Crippen LogP contribution is -2.60. The number of carboxylic acids is 1. The average Bonchev–Trinajstić information content (AvgIpc) is 3.21. The summed E-state index contributed by atoms with van der Waals surface area (Å²) in [6.07, 6.45) is 0.407. The van der Waals surface area contributed by atoms with Crippen LogP contribution in [0.15, 0.2) is 30.5 Å². The van der Waals surface area contributed by atoms with Crippen molar-refractivity contribution < 1.29 is 29.4 Å². The Morgan fingerprint density at radius 3 is 2.24 bits per heavy atom. The van der Waals surface area contributed by atoms with Crippen molar-refractivity contribution in [1.29, 1.82) is 0 Å². The van der Waals surface area contributed by atoms with Crippen molar-refractivity contribution in [3.05, 3.63) is 36.0 Å². The van der Waals surface area contributed by atoms with E-state index in [0.717, 1.165) is 16.5 Å². The Balaban J connectivity index is 2.26. The summed E-state index contributed by atoms with van der Waals surface area (Å²) in [5, 5.41) is 27.2. The van der Waals surface area contributed by atoms with Crippen LogP contribution in [0.4, 0.5) is 0 Å². The summed E-state index contributed by atoms with van der Waals surface area (Å²) in [6, 6.07) is 2.49. The molecule has 3 amide bonds. The van der Waals surface area contributed by atoms with Crippen LogP contribution in [-0.2, 0) is 25.6 Å². The maximum Gasteiger partial charge on any atom is 0.327 e. The second-order valence-corrected chi connectivity index (χ2v) is 8.45. The number of aromatic amines is 1. The van der Waals surface area contributed by atoms with Gasteiger partial charge in [-0.3, -0.25) is 14.4 Å². The second kappa shape index (κ2) is 12.6. The van der Waals surface area contributed by atoms with Crippen LogP contribution in [0, 0.1) is 0 Å². The van der Waals surface area contributed by atoms with Gasteiger partial charge in [-0.2, -0.15) is 25.3 Å². The lowest BCUT2D eigenvalue weighted by atomic mass is 10.0. The number of para-hydroxylation sites is 1. The summed E-state index contributed by atoms with van der Waals surface area (Å²) in [7, 11) is 0. The number of thiol groups is 2. The van der Waals surface area contributed by atoms with Crippen LogP contribution < -0.4 is 21.7 Å². The van der Waals surface area contributed by atoms with E-state index in [1.807, 2.05) is 24.3 Å². The highest BCUT2D eigenvalue weighted by molar-refractivity contribution is 7.80. The molecule has 0 aliphatic heterocycles. The van der Waals surface area contributed by atoms with E-state index in [1.165, 1.54) is 6.92 Å². The van der Waals surface area contributed by atoms with Crippen molar-refractivity contribution >= 4 is 59.9 Å². The molecule has 0 aliphatic rings. The van der Waals surface area contributed by atoms with Crippen LogP contribution in [0.5, 0.6) is 0 Å². The number of benzene rings is 1. The second-order valence-electron chi connectivity index (χ2n) is 7.72. The SMILES string of the molecule is CC(O)C(NC(=O)C(Cc1c[nH]c2ccccc12)NC(=O)C(N)CS)C(=O)NC(CS)C(=O)O. The smallest absolute Gasteiger partial charge is 0.327 e. The van der Waals surface area contributed by atoms with E-state index in [-0.39, 0.29) is 17.9 Å². The Labute approximate surface area is 207 Å². The van der Waals surface area contributed by atoms with Gasteiger partial charge in [-0.15, -0.1) is 0 Å². The quantitative estimate of drug-likeness (QED) is 0.160. The van der Waals surface area contributed by atoms with Crippen molar-refractivity contribution in [3.63, 3.8) is 0 Å². The number of carbonyl (C=O) groups excluding carboxylic acids is 3. The average molecular weight is 512 g/mol. The van der Waals surface area contributed by atoms with E-state index < -0.39 is 54.0 Å². The van der Waals surface area contributed by atoms with E-state index in [0.29, 0.717) is 0 Å². The van der Waals surface area contributed by atoms with Gasteiger partial charge in [-0.1, -0.05) is 18.2 Å². The maximum absolute atomic E-state index is 13.1. The predicted octanol–water partition coefficient (Wildman–Crippen LogP) is -1.18. The fourth-order valence-corrected chi connectivity index (χ4v) is 3.61. The lowest BCUT2D eigenvalue weighted by molar-refractivity contribution is -0.142. The number of amides is 3. The van der Waals surface area contributed by atoms with E-state index in [9.17, 15) is 24.3 Å². The molecule has 11 nitrogen and oxygen atoms in total. The number of aliphatic hydroxyl groups excluding tert-OH is 1. The van der Waals surface area contributed by atoms with Crippen molar-refractivity contribution in [1.82, 2.24) is 20.9 Å². The third-order valence-electron chi connectivity index (χ3n) is 5.13. The van der Waals surface area contributed by atoms with Crippen LogP contribution in [0.1, 0.15) is 12.5 Å². The normalized spacial score (nSPS) is 15.6. The van der Waals surface area contributed by atoms with E-state index >= 15 is 0 Å². The molecule has 5 atom stereocenters. The van der Waals surface area contributed by atoms with E-state index in [4.69, 9.17) is 10.8 Å². The van der Waals surface area contributed by atoms with Crippen LogP contribution >= 0.6 is 25.3 Å². The summed E-state index contributed by atoms with van der Waals surface area (Å²) in [4.78, 5) is 52.4. The summed E-state index contributed by atoms with van der Waals surface area (Å²) in [5.41, 5.74) is 7.30. The van der Waals surface area contributed by atoms with Crippen LogP contribution in [0.25, 0.3) is 10.9 Å². The molecule has 0 fully saturated rings. The van der Waals surface area contributed by atoms with Gasteiger partial charge >= 0.3 is 5.97 Å². The molecule has 0 radical (unpaired) electrons. The number of H-pyrrole nitrogens is 1. The highest BCUT2D eigenvalue weighted by Crippen LogP contribution is 2.19. The number of nitrogens with one attached hydrogen (secondary N) is 4. The Hall–Kier alpha value is -2.74. The minimum absolute atomic E-state index is 0.0479. The van der Waals surface area contributed by atoms with Gasteiger partial charge in [0.2, 0.25) is 17.7 Å². The molecule has 2 aromatic rings. The standard InChI is InChI=1S/C21H29N5O6S2/c1-10(27)17(20(30)25-16(9-34)21(31)32)26-19(29)15(24-18(28)13(22)8-33)6-11-7-23-14-5-3-2-4-12(11)14/h2-5,7,10,13,15-17,23,27,33-34H,6,8-9,22H2,1H3,(H,24,28)(H,25,30)(H,26,29)(H,31,32). The minimum Gasteiger partial charge on any atom is -0.480 e. The van der Waals surface area contributed by atoms with Crippen LogP contribution in [0.3, 0.4) is 0 Å². The van der Waals surface area contributed by atoms with Crippen molar-refractivity contribution in [2.24, 2.45) is 5.73 Å². The number of hydrogen-bond donors (Lipinski definition) is 9. The molecular formula is C21H29N5O6S2. The highest BCUT2D eigenvalue weighted by Gasteiger charge is 2.32. The first kappa shape index (κ1) is 27.5. The first-order valence-electron chi connectivity index (χ1n) is 10.4. The molecule has 1 aromatic carbocycles. The molecule has 186 valence electrons. The summed E-state index contributed by atoms with van der Waals surface area (Å²) < 4.78 is 0. The molecule has 0 saturated heterocycles. The van der Waals surface area contributed by atoms with Gasteiger partial charge in [0.1, 0.15) is 18.1 Å². The van der Waals surface area contributed by atoms with Gasteiger partial charge in [-0.25, -0.2) is 4.79 Å². The monoisotopic (exact) mass is 511 g/mol. The zero-order valence-corrected chi connectivity index (χ0v) is 20.2. The molecule has 8 N–H and O–H groups in total. The molecule has 5 unspecified atom stereocenters. The van der Waals surface area contributed by atoms with Crippen LogP contribution in [0.2, 0.25) is 0 Å². The van der Waals surface area contributed by atoms with Gasteiger partial charge in [0, 0.05) is 35.0 Å². The third kappa shape index (κ3) is 7.13. The molecule has 0 bridgehead atoms. The van der Waals surface area contributed by atoms with Gasteiger partial charge in [-0.05, 0) is 18.6 Å². The largest absolute Gasteiger partial charge is 0.480 e. The Bertz CT molecular complexity index is 1030. The molecule has 1 heterocycles. The number of hydrogen-bond acceptors (Lipinski definition) is 8. The van der Waals surface area contributed by atoms with Gasteiger partial charge in [0.15, 0.2) is 0 Å². The first-order chi connectivity index (χ1) is 16.1. The summed E-state index contributed by atoms with van der Waals surface area (Å²) in [6.45, 7) is 1.27. The number of carboxylic acid groups (broad SMARTS) is 1. The van der Waals surface area contributed by atoms with E-state index in [1.54, 1.807) is 6.20 Å². The molecule has 34 heavy (non-hydrogen) atoms. The fourth-order valence-electron chi connectivity index (χ4n) is 3.20. The predicted molar refractivity (Wildman–Crippen MR) is 133 cm³/mol. The van der Waals surface area contributed by atoms with Gasteiger partial charge in [0.05, 0.1) is 12.1 Å². The lowest BCUT2D eigenvalue weighted by Gasteiger charge is -2.26. The zero-order valence-electron chi connectivity index (χ0n) is 18.4. The third-order valence-corrected chi connectivity index (χ3v) is 5.88. The molecule has 0 saturated carbocycles.